The lowest BCUT2D eigenvalue weighted by atomic mass is 9.84. The Morgan fingerprint density at radius 1 is 1.07 bits per heavy atom. The lowest BCUT2D eigenvalue weighted by molar-refractivity contribution is -0.149. The van der Waals surface area contributed by atoms with Crippen molar-refractivity contribution < 1.29 is 23.9 Å². The van der Waals surface area contributed by atoms with E-state index >= 15 is 0 Å². The Balaban J connectivity index is 1.74. The molecule has 1 N–H and O–H groups in total. The number of carbonyl (C=O) groups excluding carboxylic acids is 4. The monoisotopic (exact) mass is 618 g/mol. The number of piperidine rings is 1. The maximum atomic E-state index is 14.0. The Hall–Kier alpha value is -2.33. The average Bonchev–Trinajstić information content (AvgIpc) is 3.44. The highest BCUT2D eigenvalue weighted by atomic mass is 32.1. The van der Waals surface area contributed by atoms with Gasteiger partial charge in [-0.05, 0) is 69.9 Å². The Morgan fingerprint density at radius 3 is 2.33 bits per heavy atom. The maximum Gasteiger partial charge on any atom is 0.303 e. The second-order valence-electron chi connectivity index (χ2n) is 13.6. The Labute approximate surface area is 262 Å². The summed E-state index contributed by atoms with van der Waals surface area (Å²) in [6, 6.07) is -0.237. The molecule has 1 saturated carbocycles. The predicted octanol–water partition coefficient (Wildman–Crippen LogP) is 5.64. The highest BCUT2D eigenvalue weighted by Gasteiger charge is 2.37. The van der Waals surface area contributed by atoms with Crippen LogP contribution in [0.25, 0.3) is 0 Å². The van der Waals surface area contributed by atoms with E-state index in [2.05, 4.69) is 22.1 Å². The fourth-order valence-corrected chi connectivity index (χ4v) is 7.41. The van der Waals surface area contributed by atoms with Crippen molar-refractivity contribution in [1.82, 2.24) is 20.1 Å². The lowest BCUT2D eigenvalue weighted by Gasteiger charge is -2.37. The molecule has 2 fully saturated rings. The van der Waals surface area contributed by atoms with Crippen LogP contribution in [-0.2, 0) is 19.1 Å². The van der Waals surface area contributed by atoms with E-state index in [-0.39, 0.29) is 54.0 Å². The lowest BCUT2D eigenvalue weighted by Crippen LogP contribution is -2.48. The number of hydrogen-bond donors (Lipinski definition) is 1. The van der Waals surface area contributed by atoms with Crippen LogP contribution in [0.15, 0.2) is 5.38 Å². The van der Waals surface area contributed by atoms with Crippen molar-refractivity contribution in [2.24, 2.45) is 23.7 Å². The number of nitrogens with zero attached hydrogens (tertiary/aromatic N) is 3. The van der Waals surface area contributed by atoms with E-state index < -0.39 is 18.0 Å². The molecule has 1 unspecified atom stereocenters. The number of hydrogen-bond acceptors (Lipinski definition) is 8. The predicted molar refractivity (Wildman–Crippen MR) is 170 cm³/mol. The Morgan fingerprint density at radius 2 is 1.74 bits per heavy atom. The molecule has 43 heavy (non-hydrogen) atoms. The van der Waals surface area contributed by atoms with Crippen LogP contribution in [-0.4, -0.2) is 77.1 Å². The van der Waals surface area contributed by atoms with Crippen molar-refractivity contribution in [3.05, 3.63) is 16.1 Å². The summed E-state index contributed by atoms with van der Waals surface area (Å²) < 4.78 is 5.75. The standard InChI is InChI=1S/C33H54N4O5S/c1-20(2)25(17-29(39)27-11-9-10-16-36(27)7)33(41)37(8)28(21(3)4)18-30(42-23(6)38)32-35-26(19-43-32)31(40)34-24-14-12-22(5)13-15-24/h19-22,24-25,27-28,30H,9-18H2,1-8H3,(H,34,40)/t22?,24?,25-,27?,28+,30+/m0/s1. The van der Waals surface area contributed by atoms with Crippen molar-refractivity contribution in [2.75, 3.05) is 20.6 Å². The second kappa shape index (κ2) is 16.1. The van der Waals surface area contributed by atoms with Crippen molar-refractivity contribution in [3.8, 4) is 0 Å². The van der Waals surface area contributed by atoms with E-state index in [0.29, 0.717) is 23.0 Å². The number of rotatable bonds is 13. The van der Waals surface area contributed by atoms with Gasteiger partial charge in [-0.1, -0.05) is 41.0 Å². The minimum Gasteiger partial charge on any atom is -0.455 e. The van der Waals surface area contributed by atoms with Gasteiger partial charge in [-0.25, -0.2) is 4.98 Å². The van der Waals surface area contributed by atoms with Gasteiger partial charge < -0.3 is 15.0 Å². The van der Waals surface area contributed by atoms with Gasteiger partial charge in [-0.15, -0.1) is 11.3 Å². The topological polar surface area (TPSA) is 109 Å². The third-order valence-corrected chi connectivity index (χ3v) is 10.4. The van der Waals surface area contributed by atoms with Gasteiger partial charge in [-0.2, -0.15) is 0 Å². The third-order valence-electron chi connectivity index (χ3n) is 9.44. The molecule has 9 nitrogen and oxygen atoms in total. The van der Waals surface area contributed by atoms with Crippen LogP contribution in [0.1, 0.15) is 121 Å². The molecule has 4 atom stereocenters. The number of ketones is 1. The van der Waals surface area contributed by atoms with Gasteiger partial charge >= 0.3 is 5.97 Å². The molecule has 2 heterocycles. The number of thiazole rings is 1. The summed E-state index contributed by atoms with van der Waals surface area (Å²) in [7, 11) is 3.78. The molecule has 2 amide bonds. The number of ether oxygens (including phenoxy) is 1. The van der Waals surface area contributed by atoms with Crippen LogP contribution >= 0.6 is 11.3 Å². The molecule has 0 bridgehead atoms. The van der Waals surface area contributed by atoms with Crippen LogP contribution in [0.2, 0.25) is 0 Å². The highest BCUT2D eigenvalue weighted by Crippen LogP contribution is 2.32. The molecule has 0 spiro atoms. The minimum absolute atomic E-state index is 0.00251. The smallest absolute Gasteiger partial charge is 0.303 e. The first kappa shape index (κ1) is 35.2. The quantitative estimate of drug-likeness (QED) is 0.285. The molecule has 1 aromatic heterocycles. The van der Waals surface area contributed by atoms with Gasteiger partial charge in [0, 0.05) is 50.2 Å². The summed E-state index contributed by atoms with van der Waals surface area (Å²) in [5, 5.41) is 5.38. The zero-order chi connectivity index (χ0) is 31.8. The zero-order valence-electron chi connectivity index (χ0n) is 27.6. The molecule has 1 aliphatic carbocycles. The summed E-state index contributed by atoms with van der Waals surface area (Å²) in [5.41, 5.74) is 0.326. The van der Waals surface area contributed by atoms with E-state index in [0.717, 1.165) is 51.5 Å². The molecule has 0 radical (unpaired) electrons. The Bertz CT molecular complexity index is 1100. The number of amides is 2. The van der Waals surface area contributed by atoms with Gasteiger partial charge in [0.05, 0.1) is 6.04 Å². The van der Waals surface area contributed by atoms with Crippen LogP contribution in [0.4, 0.5) is 0 Å². The van der Waals surface area contributed by atoms with Gasteiger partial charge in [0.25, 0.3) is 5.91 Å². The van der Waals surface area contributed by atoms with Crippen molar-refractivity contribution in [1.29, 1.82) is 0 Å². The number of likely N-dealkylation sites (tertiary alicyclic amines) is 1. The number of nitrogens with one attached hydrogen (secondary N) is 1. The third kappa shape index (κ3) is 9.83. The van der Waals surface area contributed by atoms with Crippen molar-refractivity contribution in [2.45, 2.75) is 124 Å². The zero-order valence-corrected chi connectivity index (χ0v) is 28.4. The van der Waals surface area contributed by atoms with E-state index in [4.69, 9.17) is 4.74 Å². The fourth-order valence-electron chi connectivity index (χ4n) is 6.57. The van der Waals surface area contributed by atoms with Gasteiger partial charge in [0.15, 0.2) is 11.9 Å². The van der Waals surface area contributed by atoms with Crippen molar-refractivity contribution >= 4 is 34.9 Å². The second-order valence-corrected chi connectivity index (χ2v) is 14.5. The van der Waals surface area contributed by atoms with Gasteiger partial charge in [0.2, 0.25) is 5.91 Å². The molecular weight excluding hydrogens is 564 g/mol. The molecule has 242 valence electrons. The first-order chi connectivity index (χ1) is 20.3. The average molecular weight is 619 g/mol. The summed E-state index contributed by atoms with van der Waals surface area (Å²) in [4.78, 5) is 60.9. The Kier molecular flexibility index (Phi) is 13.2. The molecule has 1 saturated heterocycles. The highest BCUT2D eigenvalue weighted by molar-refractivity contribution is 7.09. The van der Waals surface area contributed by atoms with E-state index in [1.807, 2.05) is 34.7 Å². The summed E-state index contributed by atoms with van der Waals surface area (Å²) >= 11 is 1.30. The largest absolute Gasteiger partial charge is 0.455 e. The van der Waals surface area contributed by atoms with Crippen LogP contribution in [0, 0.1) is 23.7 Å². The van der Waals surface area contributed by atoms with Crippen molar-refractivity contribution in [3.63, 3.8) is 0 Å². The van der Waals surface area contributed by atoms with E-state index in [1.165, 1.54) is 18.3 Å². The first-order valence-electron chi connectivity index (χ1n) is 16.2. The van der Waals surface area contributed by atoms with Gasteiger partial charge in [0.1, 0.15) is 10.7 Å². The molecule has 1 aliphatic heterocycles. The first-order valence-corrected chi connectivity index (χ1v) is 17.1. The van der Waals surface area contributed by atoms with Crippen LogP contribution < -0.4 is 5.32 Å². The number of carbonyl (C=O) groups is 4. The number of esters is 1. The molecular formula is C33H54N4O5S. The van der Waals surface area contributed by atoms with E-state index in [1.54, 1.807) is 17.3 Å². The summed E-state index contributed by atoms with van der Waals surface area (Å²) in [5.74, 6) is -0.267. The summed E-state index contributed by atoms with van der Waals surface area (Å²) in [6.45, 7) is 12.6. The molecule has 1 aromatic rings. The molecule has 3 rings (SSSR count). The summed E-state index contributed by atoms with van der Waals surface area (Å²) in [6.07, 6.45) is 7.00. The SMILES string of the molecule is CC(=O)O[C@H](C[C@H](C(C)C)N(C)C(=O)[C@@H](CC(=O)C1CCCCN1C)C(C)C)c1nc(C(=O)NC2CCC(C)CC2)cs1. The van der Waals surface area contributed by atoms with Crippen LogP contribution in [0.5, 0.6) is 0 Å². The molecule has 2 aliphatic rings. The number of aromatic nitrogens is 1. The number of Topliss-reactive ketones (excluding diaryl/α,β-unsaturated/α-hetero) is 1. The van der Waals surface area contributed by atoms with E-state index in [9.17, 15) is 19.2 Å². The minimum atomic E-state index is -0.697. The maximum absolute atomic E-state index is 14.0. The normalized spacial score (nSPS) is 23.4. The molecule has 10 heteroatoms. The number of likely N-dealkylation sites (N-methyl/N-ethyl adjacent to an activating group) is 1. The molecule has 0 aromatic carbocycles. The fraction of sp³-hybridized carbons (Fsp3) is 0.788. The van der Waals surface area contributed by atoms with Crippen LogP contribution in [0.3, 0.4) is 0 Å². The van der Waals surface area contributed by atoms with Gasteiger partial charge in [-0.3, -0.25) is 24.1 Å².